The maximum absolute atomic E-state index is 9.76. The Balaban J connectivity index is 0.000000286. The van der Waals surface area contributed by atoms with Crippen LogP contribution in [0.3, 0.4) is 0 Å². The first kappa shape index (κ1) is 26.8. The summed E-state index contributed by atoms with van der Waals surface area (Å²) in [5, 5.41) is 3.25. The lowest BCUT2D eigenvalue weighted by atomic mass is 10.0. The lowest BCUT2D eigenvalue weighted by molar-refractivity contribution is -0.129. The van der Waals surface area contributed by atoms with Crippen molar-refractivity contribution in [3.05, 3.63) is 95.7 Å². The van der Waals surface area contributed by atoms with E-state index in [0.29, 0.717) is 13.1 Å². The normalized spacial score (nSPS) is 9.68. The molecule has 178 valence electrons. The fourth-order valence-corrected chi connectivity index (χ4v) is 4.21. The van der Waals surface area contributed by atoms with Crippen molar-refractivity contribution in [3.8, 4) is 21.6 Å². The van der Waals surface area contributed by atoms with E-state index in [0.717, 1.165) is 23.4 Å². The van der Waals surface area contributed by atoms with Crippen LogP contribution in [0.15, 0.2) is 78.9 Å². The minimum atomic E-state index is 0.365. The molecule has 34 heavy (non-hydrogen) atoms. The van der Waals surface area contributed by atoms with Gasteiger partial charge in [-0.2, -0.15) is 4.37 Å². The number of hydrogen-bond acceptors (Lipinski definition) is 5. The molecular formula is C29H34N2O2S. The van der Waals surface area contributed by atoms with Gasteiger partial charge >= 0.3 is 0 Å². The van der Waals surface area contributed by atoms with E-state index in [4.69, 9.17) is 0 Å². The molecule has 0 aliphatic rings. The van der Waals surface area contributed by atoms with Gasteiger partial charge in [0.1, 0.15) is 6.61 Å². The van der Waals surface area contributed by atoms with Crippen LogP contribution in [0, 0.1) is 6.92 Å². The summed E-state index contributed by atoms with van der Waals surface area (Å²) >= 11 is 1.55. The molecule has 3 aromatic carbocycles. The molecule has 4 aromatic rings. The lowest BCUT2D eigenvalue weighted by Gasteiger charge is -2.06. The van der Waals surface area contributed by atoms with Crippen LogP contribution >= 0.6 is 11.5 Å². The molecule has 4 rings (SSSR count). The largest absolute Gasteiger partial charge is 0.463 e. The molecule has 0 atom stereocenters. The number of rotatable bonds is 7. The number of aromatic nitrogens is 1. The third kappa shape index (κ3) is 7.56. The van der Waals surface area contributed by atoms with Gasteiger partial charge in [-0.3, -0.25) is 4.79 Å². The van der Waals surface area contributed by atoms with Crippen LogP contribution in [0.5, 0.6) is 0 Å². The number of anilines is 1. The molecule has 1 N–H and O–H groups in total. The summed E-state index contributed by atoms with van der Waals surface area (Å²) in [7, 11) is 1.95. The van der Waals surface area contributed by atoms with E-state index in [2.05, 4.69) is 69.9 Å². The third-order valence-electron chi connectivity index (χ3n) is 5.12. The molecular weight excluding hydrogens is 440 g/mol. The van der Waals surface area contributed by atoms with Crippen LogP contribution in [-0.2, 0) is 22.6 Å². The Bertz CT molecular complexity index is 1110. The zero-order valence-corrected chi connectivity index (χ0v) is 21.5. The lowest BCUT2D eigenvalue weighted by Crippen LogP contribution is -1.90. The summed E-state index contributed by atoms with van der Waals surface area (Å²) in [5.41, 5.74) is 8.29. The van der Waals surface area contributed by atoms with Gasteiger partial charge in [-0.15, -0.1) is 0 Å². The number of carbonyl (C=O) groups excluding carboxylic acids is 1. The number of ether oxygens (including phenoxy) is 1. The van der Waals surface area contributed by atoms with Crippen molar-refractivity contribution in [2.24, 2.45) is 0 Å². The van der Waals surface area contributed by atoms with Crippen LogP contribution < -0.4 is 5.32 Å². The van der Waals surface area contributed by atoms with Gasteiger partial charge in [-0.05, 0) is 52.7 Å². The SMILES string of the molecule is CC.CCc1ccc(-c2ccc(-c3snc(C)c3NC)cc2)cc1.O=COCc1ccccc1. The van der Waals surface area contributed by atoms with Crippen molar-refractivity contribution in [1.29, 1.82) is 0 Å². The molecule has 0 spiro atoms. The number of nitrogens with one attached hydrogen (secondary N) is 1. The van der Waals surface area contributed by atoms with Gasteiger partial charge in [0.25, 0.3) is 6.47 Å². The minimum Gasteiger partial charge on any atom is -0.463 e. The molecule has 0 amide bonds. The zero-order chi connectivity index (χ0) is 24.8. The molecule has 0 saturated carbocycles. The Kier molecular flexibility index (Phi) is 11.6. The van der Waals surface area contributed by atoms with Crippen molar-refractivity contribution in [2.45, 2.75) is 40.7 Å². The zero-order valence-electron chi connectivity index (χ0n) is 20.7. The Morgan fingerprint density at radius 3 is 1.94 bits per heavy atom. The fourth-order valence-electron chi connectivity index (χ4n) is 3.31. The second-order valence-corrected chi connectivity index (χ2v) is 8.02. The predicted octanol–water partition coefficient (Wildman–Crippen LogP) is 7.78. The summed E-state index contributed by atoms with van der Waals surface area (Å²) in [4.78, 5) is 11.0. The van der Waals surface area contributed by atoms with Crippen LogP contribution in [0.4, 0.5) is 5.69 Å². The summed E-state index contributed by atoms with van der Waals surface area (Å²) in [6, 6.07) is 27.1. The number of nitrogens with zero attached hydrogens (tertiary/aromatic N) is 1. The number of benzene rings is 3. The Labute approximate surface area is 207 Å². The average Bonchev–Trinajstić information content (AvgIpc) is 3.30. The van der Waals surface area contributed by atoms with E-state index in [1.165, 1.54) is 27.1 Å². The first-order valence-corrected chi connectivity index (χ1v) is 12.4. The number of carbonyl (C=O) groups is 1. The first-order valence-electron chi connectivity index (χ1n) is 11.6. The van der Waals surface area contributed by atoms with Gasteiger partial charge in [0.2, 0.25) is 0 Å². The fraction of sp³-hybridized carbons (Fsp3) is 0.241. The second kappa shape index (κ2) is 14.7. The van der Waals surface area contributed by atoms with Crippen LogP contribution in [0.2, 0.25) is 0 Å². The van der Waals surface area contributed by atoms with Crippen molar-refractivity contribution in [2.75, 3.05) is 12.4 Å². The molecule has 0 saturated heterocycles. The summed E-state index contributed by atoms with van der Waals surface area (Å²) in [6.07, 6.45) is 1.08. The molecule has 0 aliphatic carbocycles. The van der Waals surface area contributed by atoms with Crippen LogP contribution in [-0.4, -0.2) is 17.9 Å². The van der Waals surface area contributed by atoms with E-state index in [9.17, 15) is 4.79 Å². The van der Waals surface area contributed by atoms with Gasteiger partial charge in [-0.1, -0.05) is 99.6 Å². The first-order chi connectivity index (χ1) is 16.7. The molecule has 4 nitrogen and oxygen atoms in total. The van der Waals surface area contributed by atoms with Gasteiger partial charge in [0, 0.05) is 7.05 Å². The highest BCUT2D eigenvalue weighted by Gasteiger charge is 2.11. The van der Waals surface area contributed by atoms with E-state index < -0.39 is 0 Å². The Morgan fingerprint density at radius 2 is 1.41 bits per heavy atom. The minimum absolute atomic E-state index is 0.365. The maximum atomic E-state index is 9.76. The Hall–Kier alpha value is -3.44. The molecule has 1 heterocycles. The summed E-state index contributed by atoms with van der Waals surface area (Å²) in [6.45, 7) is 9.03. The molecule has 0 radical (unpaired) electrons. The van der Waals surface area contributed by atoms with Gasteiger partial charge in [0.15, 0.2) is 0 Å². The van der Waals surface area contributed by atoms with E-state index in [1.54, 1.807) is 11.5 Å². The highest BCUT2D eigenvalue weighted by atomic mass is 32.1. The molecule has 0 fully saturated rings. The molecule has 1 aromatic heterocycles. The summed E-state index contributed by atoms with van der Waals surface area (Å²) in [5.74, 6) is 0. The average molecular weight is 475 g/mol. The summed E-state index contributed by atoms with van der Waals surface area (Å²) < 4.78 is 8.98. The molecule has 0 bridgehead atoms. The van der Waals surface area contributed by atoms with E-state index >= 15 is 0 Å². The molecule has 0 unspecified atom stereocenters. The quantitative estimate of drug-likeness (QED) is 0.278. The van der Waals surface area contributed by atoms with Crippen LogP contribution in [0.1, 0.15) is 37.6 Å². The number of hydrogen-bond donors (Lipinski definition) is 1. The van der Waals surface area contributed by atoms with Gasteiger partial charge < -0.3 is 10.1 Å². The highest BCUT2D eigenvalue weighted by Crippen LogP contribution is 2.35. The van der Waals surface area contributed by atoms with Crippen molar-refractivity contribution < 1.29 is 9.53 Å². The second-order valence-electron chi connectivity index (χ2n) is 7.24. The van der Waals surface area contributed by atoms with Crippen molar-refractivity contribution >= 4 is 23.7 Å². The molecule has 5 heteroatoms. The van der Waals surface area contributed by atoms with Gasteiger partial charge in [0.05, 0.1) is 16.3 Å². The highest BCUT2D eigenvalue weighted by molar-refractivity contribution is 7.10. The standard InChI is InChI=1S/C19H20N2S.C8H8O2.C2H6/c1-4-14-5-7-15(8-6-14)16-9-11-17(12-10-16)19-18(20-3)13(2)21-22-19;9-7-10-6-8-4-2-1-3-5-8;1-2/h5-12,20H,4H2,1-3H3;1-5,7H,6H2;1-2H3. The van der Waals surface area contributed by atoms with Crippen molar-refractivity contribution in [3.63, 3.8) is 0 Å². The molecule has 0 aliphatic heterocycles. The van der Waals surface area contributed by atoms with Gasteiger partial charge in [-0.25, -0.2) is 0 Å². The predicted molar refractivity (Wildman–Crippen MR) is 145 cm³/mol. The maximum Gasteiger partial charge on any atom is 0.293 e. The van der Waals surface area contributed by atoms with Crippen LogP contribution in [0.25, 0.3) is 21.6 Å². The number of aryl methyl sites for hydroxylation is 2. The van der Waals surface area contributed by atoms with E-state index in [-0.39, 0.29) is 0 Å². The Morgan fingerprint density at radius 1 is 0.853 bits per heavy atom. The van der Waals surface area contributed by atoms with E-state index in [1.807, 2.05) is 58.2 Å². The topological polar surface area (TPSA) is 51.2 Å². The van der Waals surface area contributed by atoms with Crippen molar-refractivity contribution in [1.82, 2.24) is 4.37 Å². The third-order valence-corrected chi connectivity index (χ3v) is 6.10. The smallest absolute Gasteiger partial charge is 0.293 e. The monoisotopic (exact) mass is 474 g/mol.